The zero-order valence-corrected chi connectivity index (χ0v) is 15.2. The van der Waals surface area contributed by atoms with Crippen LogP contribution < -0.4 is 0 Å². The van der Waals surface area contributed by atoms with Crippen LogP contribution >= 0.6 is 0 Å². The van der Waals surface area contributed by atoms with E-state index in [2.05, 4.69) is 24.0 Å². The number of piperidine rings is 1. The molecule has 1 saturated carbocycles. The molecule has 1 aliphatic carbocycles. The summed E-state index contributed by atoms with van der Waals surface area (Å²) in [5, 5.41) is 4.24. The van der Waals surface area contributed by atoms with Gasteiger partial charge in [-0.1, -0.05) is 13.3 Å². The molecule has 128 valence electrons. The number of rotatable bonds is 2. The van der Waals surface area contributed by atoms with Gasteiger partial charge >= 0.3 is 0 Å². The van der Waals surface area contributed by atoms with Crippen molar-refractivity contribution in [1.82, 2.24) is 19.0 Å². The van der Waals surface area contributed by atoms with Gasteiger partial charge in [0.05, 0.1) is 5.69 Å². The number of likely N-dealkylation sites (tertiary alicyclic amines) is 1. The van der Waals surface area contributed by atoms with Gasteiger partial charge in [-0.15, -0.1) is 0 Å². The zero-order valence-electron chi connectivity index (χ0n) is 14.4. The fourth-order valence-corrected chi connectivity index (χ4v) is 7.46. The third-order valence-electron chi connectivity index (χ3n) is 6.51. The second kappa shape index (κ2) is 4.80. The summed E-state index contributed by atoms with van der Waals surface area (Å²) < 4.78 is 30.1. The molecule has 6 nitrogen and oxygen atoms in total. The van der Waals surface area contributed by atoms with Crippen LogP contribution in [0.2, 0.25) is 0 Å². The molecule has 0 radical (unpaired) electrons. The first-order valence-corrected chi connectivity index (χ1v) is 9.93. The quantitative estimate of drug-likeness (QED) is 0.817. The molecule has 1 aromatic rings. The maximum absolute atomic E-state index is 13.3. The van der Waals surface area contributed by atoms with E-state index in [-0.39, 0.29) is 11.5 Å². The van der Waals surface area contributed by atoms with Crippen molar-refractivity contribution in [3.8, 4) is 0 Å². The topological polar surface area (TPSA) is 58.4 Å². The first-order chi connectivity index (χ1) is 10.7. The molecular weight excluding hydrogens is 312 g/mol. The van der Waals surface area contributed by atoms with Crippen LogP contribution in [0.3, 0.4) is 0 Å². The standard InChI is InChI=1S/C16H26N4O2S/c1-11-13(10-18(3)17-11)23(21,22)20-9-12-8-16(2)14(19(12)4)6-5-7-15(16)20/h10,12,14-15H,5-9H2,1-4H3/t12-,14-,15+,16-/m0/s1. The molecule has 4 atom stereocenters. The Labute approximate surface area is 138 Å². The zero-order chi connectivity index (χ0) is 16.6. The Kier molecular flexibility index (Phi) is 3.26. The van der Waals surface area contributed by atoms with E-state index in [1.165, 1.54) is 6.42 Å². The number of nitrogens with zero attached hydrogens (tertiary/aromatic N) is 4. The molecule has 2 saturated heterocycles. The van der Waals surface area contributed by atoms with E-state index in [1.807, 2.05) is 0 Å². The van der Waals surface area contributed by atoms with Crippen molar-refractivity contribution in [2.75, 3.05) is 13.6 Å². The minimum atomic E-state index is -3.49. The van der Waals surface area contributed by atoms with Gasteiger partial charge in [0.1, 0.15) is 4.90 Å². The van der Waals surface area contributed by atoms with Gasteiger partial charge in [0.15, 0.2) is 0 Å². The highest BCUT2D eigenvalue weighted by molar-refractivity contribution is 7.89. The number of fused-ring (bicyclic) bond motifs is 1. The van der Waals surface area contributed by atoms with E-state index >= 15 is 0 Å². The molecule has 3 fully saturated rings. The van der Waals surface area contributed by atoms with Crippen LogP contribution in [0.15, 0.2) is 11.1 Å². The van der Waals surface area contributed by atoms with E-state index in [9.17, 15) is 8.42 Å². The van der Waals surface area contributed by atoms with Gasteiger partial charge in [-0.05, 0) is 33.2 Å². The van der Waals surface area contributed by atoms with Crippen LogP contribution in [0.1, 0.15) is 38.3 Å². The number of sulfonamides is 1. The largest absolute Gasteiger partial charge is 0.299 e. The molecule has 0 amide bonds. The Morgan fingerprint density at radius 3 is 2.61 bits per heavy atom. The van der Waals surface area contributed by atoms with Crippen LogP contribution in [0.25, 0.3) is 0 Å². The minimum Gasteiger partial charge on any atom is -0.299 e. The smallest absolute Gasteiger partial charge is 0.246 e. The van der Waals surface area contributed by atoms with Crippen molar-refractivity contribution in [1.29, 1.82) is 0 Å². The fourth-order valence-electron chi connectivity index (χ4n) is 5.46. The molecule has 23 heavy (non-hydrogen) atoms. The summed E-state index contributed by atoms with van der Waals surface area (Å²) in [5.41, 5.74) is 0.676. The lowest BCUT2D eigenvalue weighted by Crippen LogP contribution is -2.57. The van der Waals surface area contributed by atoms with E-state index < -0.39 is 10.0 Å². The van der Waals surface area contributed by atoms with Crippen molar-refractivity contribution in [2.24, 2.45) is 12.5 Å². The summed E-state index contributed by atoms with van der Waals surface area (Å²) in [6.07, 6.45) is 6.05. The van der Waals surface area contributed by atoms with Crippen LogP contribution in [0, 0.1) is 12.3 Å². The molecular formula is C16H26N4O2S. The molecule has 0 spiro atoms. The number of aryl methyl sites for hydroxylation is 2. The number of likely N-dealkylation sites (N-methyl/N-ethyl adjacent to an activating group) is 1. The van der Waals surface area contributed by atoms with Crippen LogP contribution in [-0.4, -0.2) is 59.1 Å². The normalized spacial score (nSPS) is 38.2. The Balaban J connectivity index is 1.79. The van der Waals surface area contributed by atoms with Gasteiger partial charge in [-0.2, -0.15) is 9.40 Å². The monoisotopic (exact) mass is 338 g/mol. The first-order valence-electron chi connectivity index (χ1n) is 8.49. The van der Waals surface area contributed by atoms with Crippen molar-refractivity contribution in [3.05, 3.63) is 11.9 Å². The predicted octanol–water partition coefficient (Wildman–Crippen LogP) is 1.36. The summed E-state index contributed by atoms with van der Waals surface area (Å²) in [6, 6.07) is 0.972. The maximum atomic E-state index is 13.3. The summed E-state index contributed by atoms with van der Waals surface area (Å²) in [5.74, 6) is 0. The molecule has 4 rings (SSSR count). The van der Waals surface area contributed by atoms with Gasteiger partial charge in [0.25, 0.3) is 0 Å². The van der Waals surface area contributed by atoms with Gasteiger partial charge in [0.2, 0.25) is 10.0 Å². The SMILES string of the molecule is Cc1nn(C)cc1S(=O)(=O)N1C[C@@H]2C[C@@]3(C)[C@H](CCC[C@@H]13)N2C. The minimum absolute atomic E-state index is 0.0824. The van der Waals surface area contributed by atoms with Crippen LogP contribution in [0.5, 0.6) is 0 Å². The molecule has 2 aliphatic heterocycles. The Hall–Kier alpha value is -0.920. The molecule has 2 bridgehead atoms. The maximum Gasteiger partial charge on any atom is 0.246 e. The predicted molar refractivity (Wildman–Crippen MR) is 87.5 cm³/mol. The van der Waals surface area contributed by atoms with E-state index in [1.54, 1.807) is 29.2 Å². The van der Waals surface area contributed by atoms with Crippen molar-refractivity contribution >= 4 is 10.0 Å². The average Bonchev–Trinajstić information content (AvgIpc) is 2.94. The average molecular weight is 338 g/mol. The summed E-state index contributed by atoms with van der Waals surface area (Å²) >= 11 is 0. The second-order valence-electron chi connectivity index (χ2n) is 7.82. The number of aromatic nitrogens is 2. The molecule has 3 aliphatic rings. The van der Waals surface area contributed by atoms with E-state index in [0.29, 0.717) is 29.2 Å². The highest BCUT2D eigenvalue weighted by atomic mass is 32.2. The molecule has 0 aromatic carbocycles. The first kappa shape index (κ1) is 15.6. The second-order valence-corrected chi connectivity index (χ2v) is 9.68. The molecule has 0 N–H and O–H groups in total. The molecule has 0 unspecified atom stereocenters. The summed E-state index contributed by atoms with van der Waals surface area (Å²) in [6.45, 7) is 4.70. The van der Waals surface area contributed by atoms with Crippen molar-refractivity contribution < 1.29 is 8.42 Å². The van der Waals surface area contributed by atoms with Gasteiger partial charge in [0, 0.05) is 43.3 Å². The lowest BCUT2D eigenvalue weighted by atomic mass is 9.66. The lowest BCUT2D eigenvalue weighted by Gasteiger charge is -2.49. The molecule has 7 heteroatoms. The van der Waals surface area contributed by atoms with E-state index in [4.69, 9.17) is 0 Å². The number of hydrogen-bond acceptors (Lipinski definition) is 4. The van der Waals surface area contributed by atoms with Gasteiger partial charge in [-0.25, -0.2) is 8.42 Å². The molecule has 3 heterocycles. The van der Waals surface area contributed by atoms with Crippen molar-refractivity contribution in [2.45, 2.75) is 62.6 Å². The highest BCUT2D eigenvalue weighted by Crippen LogP contribution is 2.54. The third-order valence-corrected chi connectivity index (χ3v) is 8.49. The summed E-state index contributed by atoms with van der Waals surface area (Å²) in [7, 11) is 0.464. The Morgan fingerprint density at radius 1 is 1.26 bits per heavy atom. The van der Waals surface area contributed by atoms with Crippen LogP contribution in [0.4, 0.5) is 0 Å². The highest BCUT2D eigenvalue weighted by Gasteiger charge is 2.60. The van der Waals surface area contributed by atoms with E-state index in [0.717, 1.165) is 19.3 Å². The fraction of sp³-hybridized carbons (Fsp3) is 0.812. The lowest BCUT2D eigenvalue weighted by molar-refractivity contribution is 0.0568. The van der Waals surface area contributed by atoms with Gasteiger partial charge in [-0.3, -0.25) is 9.58 Å². The Bertz CT molecular complexity index is 743. The summed E-state index contributed by atoms with van der Waals surface area (Å²) in [4.78, 5) is 2.81. The van der Waals surface area contributed by atoms with Crippen molar-refractivity contribution in [3.63, 3.8) is 0 Å². The van der Waals surface area contributed by atoms with Crippen LogP contribution in [-0.2, 0) is 17.1 Å². The third kappa shape index (κ3) is 1.99. The number of hydrogen-bond donors (Lipinski definition) is 0. The molecule has 1 aromatic heterocycles. The van der Waals surface area contributed by atoms with Gasteiger partial charge < -0.3 is 0 Å². The Morgan fingerprint density at radius 2 is 1.96 bits per heavy atom.